The van der Waals surface area contributed by atoms with Crippen LogP contribution in [0.1, 0.15) is 52.6 Å². The van der Waals surface area contributed by atoms with Crippen molar-refractivity contribution >= 4 is 11.5 Å². The van der Waals surface area contributed by atoms with Crippen molar-refractivity contribution in [3.05, 3.63) is 88.9 Å². The first-order chi connectivity index (χ1) is 15.1. The smallest absolute Gasteiger partial charge is 0.356 e. The lowest BCUT2D eigenvalue weighted by Gasteiger charge is -2.09. The van der Waals surface area contributed by atoms with Gasteiger partial charge in [0.05, 0.1) is 18.3 Å². The molecule has 0 bridgehead atoms. The summed E-state index contributed by atoms with van der Waals surface area (Å²) in [5.74, 6) is -0.404. The minimum Gasteiger partial charge on any atom is -0.464 e. The zero-order valence-corrected chi connectivity index (χ0v) is 18.3. The minimum absolute atomic E-state index is 0.361. The number of hydrogen-bond donors (Lipinski definition) is 0. The van der Waals surface area contributed by atoms with Crippen LogP contribution in [0.2, 0.25) is 0 Å². The minimum atomic E-state index is -0.404. The fourth-order valence-corrected chi connectivity index (χ4v) is 3.86. The summed E-state index contributed by atoms with van der Waals surface area (Å²) in [5, 5.41) is 4.88. The third-order valence-corrected chi connectivity index (χ3v) is 5.44. The Bertz CT molecular complexity index is 1210. The predicted octanol–water partition coefficient (Wildman–Crippen LogP) is 5.42. The summed E-state index contributed by atoms with van der Waals surface area (Å²) in [4.78, 5) is 16.9. The van der Waals surface area contributed by atoms with Gasteiger partial charge in [-0.3, -0.25) is 0 Å². The van der Waals surface area contributed by atoms with Crippen LogP contribution in [0.15, 0.2) is 60.8 Å². The van der Waals surface area contributed by atoms with Gasteiger partial charge >= 0.3 is 5.97 Å². The van der Waals surface area contributed by atoms with E-state index in [2.05, 4.69) is 49.2 Å². The van der Waals surface area contributed by atoms with E-state index in [-0.39, 0.29) is 0 Å². The summed E-state index contributed by atoms with van der Waals surface area (Å²) in [6.07, 6.45) is 5.69. The summed E-state index contributed by atoms with van der Waals surface area (Å²) in [5.41, 5.74) is 7.61. The molecule has 0 aliphatic rings. The summed E-state index contributed by atoms with van der Waals surface area (Å²) in [6, 6.07) is 18.3. The Labute approximate surface area is 182 Å². The van der Waals surface area contributed by atoms with E-state index in [1.165, 1.54) is 7.11 Å². The molecule has 0 saturated heterocycles. The van der Waals surface area contributed by atoms with Crippen LogP contribution in [-0.2, 0) is 17.6 Å². The van der Waals surface area contributed by atoms with Crippen molar-refractivity contribution in [2.45, 2.75) is 39.5 Å². The average molecular weight is 414 g/mol. The summed E-state index contributed by atoms with van der Waals surface area (Å²) >= 11 is 0. The van der Waals surface area contributed by atoms with E-state index in [0.29, 0.717) is 12.1 Å². The maximum atomic E-state index is 12.2. The van der Waals surface area contributed by atoms with Crippen LogP contribution in [0.4, 0.5) is 0 Å². The Kier molecular flexibility index (Phi) is 6.12. The molecule has 5 nitrogen and oxygen atoms in total. The van der Waals surface area contributed by atoms with E-state index in [9.17, 15) is 4.79 Å². The van der Waals surface area contributed by atoms with Crippen LogP contribution < -0.4 is 0 Å². The number of esters is 1. The van der Waals surface area contributed by atoms with Crippen molar-refractivity contribution in [2.24, 2.45) is 0 Å². The van der Waals surface area contributed by atoms with Crippen molar-refractivity contribution in [1.29, 1.82) is 0 Å². The standard InChI is InChI=1S/C26H27N3O2/c1-4-5-9-19-14-21(27-23(15-19)26(30)31-3)16-22-24-13-12-18(2)17-29(24)28-25(22)20-10-7-6-8-11-20/h6-8,10-15,17H,4-5,9,16H2,1-3H3. The molecule has 0 aliphatic heterocycles. The number of carbonyl (C=O) groups excluding carboxylic acids is 1. The van der Waals surface area contributed by atoms with Gasteiger partial charge in [-0.2, -0.15) is 5.10 Å². The molecule has 1 aromatic carbocycles. The van der Waals surface area contributed by atoms with E-state index in [4.69, 9.17) is 9.84 Å². The van der Waals surface area contributed by atoms with Gasteiger partial charge < -0.3 is 4.74 Å². The van der Waals surface area contributed by atoms with Gasteiger partial charge in [0.2, 0.25) is 0 Å². The largest absolute Gasteiger partial charge is 0.464 e. The highest BCUT2D eigenvalue weighted by Crippen LogP contribution is 2.29. The molecule has 5 heteroatoms. The monoisotopic (exact) mass is 413 g/mol. The Hall–Kier alpha value is -3.47. The normalized spacial score (nSPS) is 11.1. The third kappa shape index (κ3) is 4.50. The molecule has 0 atom stereocenters. The molecule has 0 radical (unpaired) electrons. The van der Waals surface area contributed by atoms with Gasteiger partial charge in [0.1, 0.15) is 5.69 Å². The van der Waals surface area contributed by atoms with E-state index in [1.807, 2.05) is 35.0 Å². The maximum absolute atomic E-state index is 12.2. The molecule has 0 spiro atoms. The Morgan fingerprint density at radius 3 is 2.65 bits per heavy atom. The molecule has 0 amide bonds. The van der Waals surface area contributed by atoms with Crippen LogP contribution in [-0.4, -0.2) is 27.7 Å². The van der Waals surface area contributed by atoms with Gasteiger partial charge in [0, 0.05) is 29.4 Å². The van der Waals surface area contributed by atoms with Crippen LogP contribution in [0, 0.1) is 6.92 Å². The highest BCUT2D eigenvalue weighted by atomic mass is 16.5. The van der Waals surface area contributed by atoms with Crippen LogP contribution in [0.3, 0.4) is 0 Å². The lowest BCUT2D eigenvalue weighted by Crippen LogP contribution is -2.08. The molecule has 0 fully saturated rings. The number of pyridine rings is 2. The second-order valence-corrected chi connectivity index (χ2v) is 7.85. The Morgan fingerprint density at radius 2 is 1.90 bits per heavy atom. The van der Waals surface area contributed by atoms with Gasteiger partial charge in [0.25, 0.3) is 0 Å². The molecule has 3 aromatic heterocycles. The molecule has 3 heterocycles. The van der Waals surface area contributed by atoms with Gasteiger partial charge in [-0.05, 0) is 49.1 Å². The second kappa shape index (κ2) is 9.13. The number of fused-ring (bicyclic) bond motifs is 1. The van der Waals surface area contributed by atoms with Gasteiger partial charge in [-0.15, -0.1) is 0 Å². The number of aryl methyl sites for hydroxylation is 2. The predicted molar refractivity (Wildman–Crippen MR) is 122 cm³/mol. The Balaban J connectivity index is 1.83. The average Bonchev–Trinajstić information content (AvgIpc) is 3.14. The molecular formula is C26H27N3O2. The van der Waals surface area contributed by atoms with Crippen molar-refractivity contribution in [1.82, 2.24) is 14.6 Å². The molecule has 0 aliphatic carbocycles. The summed E-state index contributed by atoms with van der Waals surface area (Å²) in [6.45, 7) is 4.22. The zero-order valence-electron chi connectivity index (χ0n) is 18.3. The third-order valence-electron chi connectivity index (χ3n) is 5.44. The number of aromatic nitrogens is 3. The Morgan fingerprint density at radius 1 is 1.10 bits per heavy atom. The fourth-order valence-electron chi connectivity index (χ4n) is 3.86. The van der Waals surface area contributed by atoms with Crippen molar-refractivity contribution in [3.63, 3.8) is 0 Å². The second-order valence-electron chi connectivity index (χ2n) is 7.85. The van der Waals surface area contributed by atoms with E-state index in [0.717, 1.165) is 58.4 Å². The molecule has 158 valence electrons. The number of ether oxygens (including phenoxy) is 1. The first-order valence-corrected chi connectivity index (χ1v) is 10.7. The van der Waals surface area contributed by atoms with Gasteiger partial charge in [-0.25, -0.2) is 14.3 Å². The molecule has 4 aromatic rings. The number of carbonyl (C=O) groups is 1. The fraction of sp³-hybridized carbons (Fsp3) is 0.269. The van der Waals surface area contributed by atoms with Crippen LogP contribution in [0.25, 0.3) is 16.8 Å². The van der Waals surface area contributed by atoms with Gasteiger partial charge in [0.15, 0.2) is 0 Å². The van der Waals surface area contributed by atoms with Crippen molar-refractivity contribution in [3.8, 4) is 11.3 Å². The molecule has 31 heavy (non-hydrogen) atoms. The highest BCUT2D eigenvalue weighted by Gasteiger charge is 2.18. The lowest BCUT2D eigenvalue weighted by molar-refractivity contribution is 0.0593. The SMILES string of the molecule is CCCCc1cc(Cc2c(-c3ccccc3)nn3cc(C)ccc23)nc(C(=O)OC)c1. The first-order valence-electron chi connectivity index (χ1n) is 10.7. The number of hydrogen-bond acceptors (Lipinski definition) is 4. The van der Waals surface area contributed by atoms with Gasteiger partial charge in [-0.1, -0.05) is 49.7 Å². The molecule has 4 rings (SSSR count). The zero-order chi connectivity index (χ0) is 21.8. The highest BCUT2D eigenvalue weighted by molar-refractivity contribution is 5.87. The lowest BCUT2D eigenvalue weighted by atomic mass is 10.00. The molecule has 0 unspecified atom stereocenters. The number of benzene rings is 1. The van der Waals surface area contributed by atoms with Crippen molar-refractivity contribution < 1.29 is 9.53 Å². The van der Waals surface area contributed by atoms with Crippen LogP contribution >= 0.6 is 0 Å². The number of methoxy groups -OCH3 is 1. The number of rotatable bonds is 7. The van der Waals surface area contributed by atoms with Crippen LogP contribution in [0.5, 0.6) is 0 Å². The summed E-state index contributed by atoms with van der Waals surface area (Å²) in [7, 11) is 1.39. The van der Waals surface area contributed by atoms with Crippen molar-refractivity contribution in [2.75, 3.05) is 7.11 Å². The topological polar surface area (TPSA) is 56.5 Å². The molecule has 0 saturated carbocycles. The van der Waals surface area contributed by atoms with E-state index >= 15 is 0 Å². The number of unbranched alkanes of at least 4 members (excludes halogenated alkanes) is 1. The molecule has 0 N–H and O–H groups in total. The van der Waals surface area contributed by atoms with E-state index in [1.54, 1.807) is 0 Å². The van der Waals surface area contributed by atoms with E-state index < -0.39 is 5.97 Å². The quantitative estimate of drug-likeness (QED) is 0.379. The first kappa shape index (κ1) is 20.8. The molecular weight excluding hydrogens is 386 g/mol. The maximum Gasteiger partial charge on any atom is 0.356 e. The summed E-state index contributed by atoms with van der Waals surface area (Å²) < 4.78 is 6.88. The number of nitrogens with zero attached hydrogens (tertiary/aromatic N) is 3.